The van der Waals surface area contributed by atoms with Crippen LogP contribution < -0.4 is 5.32 Å². The monoisotopic (exact) mass is 153 g/mol. The molecule has 64 valence electrons. The third-order valence-corrected chi connectivity index (χ3v) is 3.58. The van der Waals surface area contributed by atoms with Gasteiger partial charge >= 0.3 is 0 Å². The summed E-state index contributed by atoms with van der Waals surface area (Å²) in [5.41, 5.74) is 0. The van der Waals surface area contributed by atoms with Crippen molar-refractivity contribution < 1.29 is 0 Å². The maximum atomic E-state index is 3.54. The lowest BCUT2D eigenvalue weighted by Crippen LogP contribution is -2.29. The van der Waals surface area contributed by atoms with Gasteiger partial charge in [0.25, 0.3) is 0 Å². The van der Waals surface area contributed by atoms with Crippen molar-refractivity contribution in [3.05, 3.63) is 0 Å². The van der Waals surface area contributed by atoms with Crippen molar-refractivity contribution >= 4 is 0 Å². The van der Waals surface area contributed by atoms with Gasteiger partial charge in [-0.25, -0.2) is 0 Å². The third kappa shape index (κ3) is 1.20. The fraction of sp³-hybridized carbons (Fsp3) is 1.00. The molecule has 0 aromatic carbocycles. The van der Waals surface area contributed by atoms with Crippen LogP contribution in [0.5, 0.6) is 0 Å². The van der Waals surface area contributed by atoms with E-state index in [1.807, 2.05) is 0 Å². The zero-order chi connectivity index (χ0) is 7.84. The third-order valence-electron chi connectivity index (χ3n) is 3.58. The van der Waals surface area contributed by atoms with E-state index >= 15 is 0 Å². The van der Waals surface area contributed by atoms with E-state index in [4.69, 9.17) is 0 Å². The first kappa shape index (κ1) is 7.60. The molecule has 3 unspecified atom stereocenters. The molecule has 0 aliphatic heterocycles. The molecule has 1 N–H and O–H groups in total. The van der Waals surface area contributed by atoms with E-state index in [1.165, 1.54) is 19.3 Å². The molecule has 2 aliphatic rings. The van der Waals surface area contributed by atoms with Crippen LogP contribution in [0.1, 0.15) is 33.1 Å². The molecule has 2 aliphatic carbocycles. The Morgan fingerprint density at radius 2 is 2.00 bits per heavy atom. The summed E-state index contributed by atoms with van der Waals surface area (Å²) < 4.78 is 0. The van der Waals surface area contributed by atoms with Crippen LogP contribution >= 0.6 is 0 Å². The quantitative estimate of drug-likeness (QED) is 0.654. The van der Waals surface area contributed by atoms with Gasteiger partial charge in [0.15, 0.2) is 0 Å². The Hall–Kier alpha value is -0.0400. The van der Waals surface area contributed by atoms with Gasteiger partial charge < -0.3 is 5.32 Å². The van der Waals surface area contributed by atoms with Gasteiger partial charge in [0.2, 0.25) is 0 Å². The second-order valence-corrected chi connectivity index (χ2v) is 4.18. The fourth-order valence-corrected chi connectivity index (χ4v) is 3.08. The van der Waals surface area contributed by atoms with Crippen LogP contribution in [0.25, 0.3) is 0 Å². The van der Waals surface area contributed by atoms with E-state index in [0.29, 0.717) is 0 Å². The highest BCUT2D eigenvalue weighted by atomic mass is 14.9. The first-order valence-electron chi connectivity index (χ1n) is 5.08. The van der Waals surface area contributed by atoms with Crippen molar-refractivity contribution in [2.75, 3.05) is 6.54 Å². The summed E-state index contributed by atoms with van der Waals surface area (Å²) >= 11 is 0. The zero-order valence-corrected chi connectivity index (χ0v) is 7.64. The van der Waals surface area contributed by atoms with Crippen LogP contribution in [0.2, 0.25) is 0 Å². The number of hydrogen-bond donors (Lipinski definition) is 1. The van der Waals surface area contributed by atoms with E-state index in [2.05, 4.69) is 19.2 Å². The van der Waals surface area contributed by atoms with E-state index < -0.39 is 0 Å². The van der Waals surface area contributed by atoms with Gasteiger partial charge in [-0.1, -0.05) is 13.3 Å². The number of hydrogen-bond acceptors (Lipinski definition) is 1. The molecule has 1 nitrogen and oxygen atoms in total. The average molecular weight is 153 g/mol. The topological polar surface area (TPSA) is 12.0 Å². The average Bonchev–Trinajstić information content (AvgIpc) is 2.47. The molecule has 2 saturated carbocycles. The Kier molecular flexibility index (Phi) is 1.92. The van der Waals surface area contributed by atoms with Crippen LogP contribution in [0.3, 0.4) is 0 Å². The summed E-state index contributed by atoms with van der Waals surface area (Å²) in [5, 5.41) is 3.54. The van der Waals surface area contributed by atoms with Gasteiger partial charge in [0.1, 0.15) is 0 Å². The van der Waals surface area contributed by atoms with Gasteiger partial charge in [-0.15, -0.1) is 0 Å². The largest absolute Gasteiger partial charge is 0.314 e. The molecule has 1 heteroatoms. The molecule has 0 heterocycles. The van der Waals surface area contributed by atoms with Crippen LogP contribution in [-0.2, 0) is 0 Å². The van der Waals surface area contributed by atoms with Gasteiger partial charge in [-0.2, -0.15) is 0 Å². The summed E-state index contributed by atoms with van der Waals surface area (Å²) in [6, 6.07) is 0.787. The molecule has 2 fully saturated rings. The van der Waals surface area contributed by atoms with E-state index in [9.17, 15) is 0 Å². The Morgan fingerprint density at radius 3 is 2.55 bits per heavy atom. The SMILES string of the molecule is CCNC(C)C1C2CCCC21. The van der Waals surface area contributed by atoms with Gasteiger partial charge in [-0.3, -0.25) is 0 Å². The van der Waals surface area contributed by atoms with Gasteiger partial charge in [0.05, 0.1) is 0 Å². The van der Waals surface area contributed by atoms with Crippen molar-refractivity contribution in [1.82, 2.24) is 5.32 Å². The Bertz CT molecular complexity index is 134. The minimum atomic E-state index is 0.787. The molecule has 11 heavy (non-hydrogen) atoms. The van der Waals surface area contributed by atoms with Crippen molar-refractivity contribution in [3.63, 3.8) is 0 Å². The van der Waals surface area contributed by atoms with Crippen LogP contribution in [0.15, 0.2) is 0 Å². The number of fused-ring (bicyclic) bond motifs is 1. The van der Waals surface area contributed by atoms with Crippen molar-refractivity contribution in [2.24, 2.45) is 17.8 Å². The number of rotatable bonds is 3. The Balaban J connectivity index is 1.80. The minimum Gasteiger partial charge on any atom is -0.314 e. The summed E-state index contributed by atoms with van der Waals surface area (Å²) in [6.45, 7) is 5.69. The van der Waals surface area contributed by atoms with Crippen LogP contribution in [0.4, 0.5) is 0 Å². The lowest BCUT2D eigenvalue weighted by atomic mass is 10.1. The zero-order valence-electron chi connectivity index (χ0n) is 7.64. The predicted molar refractivity (Wildman–Crippen MR) is 47.5 cm³/mol. The van der Waals surface area contributed by atoms with Crippen molar-refractivity contribution in [2.45, 2.75) is 39.2 Å². The lowest BCUT2D eigenvalue weighted by molar-refractivity contribution is 0.439. The lowest BCUT2D eigenvalue weighted by Gasteiger charge is -2.13. The molecule has 2 rings (SSSR count). The molecule has 0 radical (unpaired) electrons. The van der Waals surface area contributed by atoms with Crippen molar-refractivity contribution in [3.8, 4) is 0 Å². The minimum absolute atomic E-state index is 0.787. The smallest absolute Gasteiger partial charge is 0.00723 e. The standard InChI is InChI=1S/C10H19N/c1-3-11-7(2)10-8-5-4-6-9(8)10/h7-11H,3-6H2,1-2H3. The predicted octanol–water partition coefficient (Wildman–Crippen LogP) is 2.03. The van der Waals surface area contributed by atoms with Gasteiger partial charge in [-0.05, 0) is 44.1 Å². The maximum Gasteiger partial charge on any atom is 0.00723 e. The molecular weight excluding hydrogens is 134 g/mol. The van der Waals surface area contributed by atoms with Crippen LogP contribution in [0, 0.1) is 17.8 Å². The summed E-state index contributed by atoms with van der Waals surface area (Å²) in [7, 11) is 0. The Labute approximate surface area is 69.6 Å². The fourth-order valence-electron chi connectivity index (χ4n) is 3.08. The molecular formula is C10H19N. The first-order valence-corrected chi connectivity index (χ1v) is 5.08. The highest BCUT2D eigenvalue weighted by Crippen LogP contribution is 2.58. The first-order chi connectivity index (χ1) is 5.34. The normalized spacial score (nSPS) is 43.6. The highest BCUT2D eigenvalue weighted by molar-refractivity contribution is 5.04. The summed E-state index contributed by atoms with van der Waals surface area (Å²) in [5.74, 6) is 3.27. The molecule has 0 amide bonds. The van der Waals surface area contributed by atoms with Crippen LogP contribution in [-0.4, -0.2) is 12.6 Å². The second kappa shape index (κ2) is 2.78. The maximum absolute atomic E-state index is 3.54. The summed E-state index contributed by atoms with van der Waals surface area (Å²) in [6.07, 6.45) is 4.54. The highest BCUT2D eigenvalue weighted by Gasteiger charge is 2.54. The molecule has 3 atom stereocenters. The number of nitrogens with one attached hydrogen (secondary N) is 1. The molecule has 0 aromatic heterocycles. The molecule has 0 bridgehead atoms. The van der Waals surface area contributed by atoms with E-state index in [0.717, 1.165) is 30.3 Å². The van der Waals surface area contributed by atoms with E-state index in [-0.39, 0.29) is 0 Å². The molecule has 0 spiro atoms. The molecule has 0 aromatic rings. The summed E-state index contributed by atoms with van der Waals surface area (Å²) in [4.78, 5) is 0. The van der Waals surface area contributed by atoms with E-state index in [1.54, 1.807) is 0 Å². The molecule has 0 saturated heterocycles. The Morgan fingerprint density at radius 1 is 1.36 bits per heavy atom. The second-order valence-electron chi connectivity index (χ2n) is 4.18. The van der Waals surface area contributed by atoms with Gasteiger partial charge in [0, 0.05) is 6.04 Å². The van der Waals surface area contributed by atoms with Crippen molar-refractivity contribution in [1.29, 1.82) is 0 Å².